The Morgan fingerprint density at radius 3 is 2.52 bits per heavy atom. The van der Waals surface area contributed by atoms with Crippen LogP contribution in [0.4, 0.5) is 5.95 Å². The standard InChI is InChI=1S/C20H21ClN4O2/c21-25(19(26)16-6-2-1-3-7-16)20-22-17-8-4-5-9-18(17)24(20)11-10-23-12-14-27-15-13-23/h1-9H,10-15H2. The van der Waals surface area contributed by atoms with Crippen LogP contribution in [-0.4, -0.2) is 53.2 Å². The van der Waals surface area contributed by atoms with Gasteiger partial charge < -0.3 is 9.30 Å². The number of halogens is 1. The second-order valence-electron chi connectivity index (χ2n) is 6.46. The van der Waals surface area contributed by atoms with Gasteiger partial charge in [-0.15, -0.1) is 0 Å². The van der Waals surface area contributed by atoms with Crippen molar-refractivity contribution in [1.82, 2.24) is 14.5 Å². The number of morpholine rings is 1. The fraction of sp³-hybridized carbons (Fsp3) is 0.300. The third kappa shape index (κ3) is 3.83. The molecule has 4 rings (SSSR count). The maximum Gasteiger partial charge on any atom is 0.275 e. The summed E-state index contributed by atoms with van der Waals surface area (Å²) in [5.41, 5.74) is 2.31. The number of anilines is 1. The van der Waals surface area contributed by atoms with E-state index in [-0.39, 0.29) is 5.91 Å². The first-order chi connectivity index (χ1) is 13.2. The summed E-state index contributed by atoms with van der Waals surface area (Å²) in [6, 6.07) is 16.8. The first-order valence-electron chi connectivity index (χ1n) is 9.05. The van der Waals surface area contributed by atoms with Crippen molar-refractivity contribution in [1.29, 1.82) is 0 Å². The summed E-state index contributed by atoms with van der Waals surface area (Å²) in [5, 5.41) is 0. The Morgan fingerprint density at radius 1 is 1.04 bits per heavy atom. The molecule has 27 heavy (non-hydrogen) atoms. The molecule has 140 valence electrons. The van der Waals surface area contributed by atoms with Gasteiger partial charge in [-0.3, -0.25) is 9.69 Å². The van der Waals surface area contributed by atoms with Gasteiger partial charge in [-0.1, -0.05) is 30.3 Å². The number of carbonyl (C=O) groups is 1. The van der Waals surface area contributed by atoms with E-state index in [1.54, 1.807) is 12.1 Å². The van der Waals surface area contributed by atoms with E-state index in [4.69, 9.17) is 16.5 Å². The van der Waals surface area contributed by atoms with Gasteiger partial charge >= 0.3 is 0 Å². The third-order valence-electron chi connectivity index (χ3n) is 4.75. The molecule has 0 radical (unpaired) electrons. The molecule has 7 heteroatoms. The lowest BCUT2D eigenvalue weighted by Crippen LogP contribution is -2.38. The Hall–Kier alpha value is -2.41. The Balaban J connectivity index is 1.63. The second kappa shape index (κ2) is 8.08. The van der Waals surface area contributed by atoms with E-state index in [9.17, 15) is 4.79 Å². The zero-order chi connectivity index (χ0) is 18.6. The van der Waals surface area contributed by atoms with Gasteiger partial charge in [0.25, 0.3) is 5.91 Å². The Bertz CT molecular complexity index is 922. The Labute approximate surface area is 163 Å². The van der Waals surface area contributed by atoms with Crippen LogP contribution in [0, 0.1) is 0 Å². The average molecular weight is 385 g/mol. The second-order valence-corrected chi connectivity index (χ2v) is 6.80. The Kier molecular flexibility index (Phi) is 5.38. The molecule has 0 unspecified atom stereocenters. The van der Waals surface area contributed by atoms with E-state index in [2.05, 4.69) is 9.88 Å². The summed E-state index contributed by atoms with van der Waals surface area (Å²) in [4.78, 5) is 19.8. The van der Waals surface area contributed by atoms with Crippen molar-refractivity contribution >= 4 is 34.7 Å². The van der Waals surface area contributed by atoms with E-state index in [1.807, 2.05) is 47.0 Å². The number of carbonyl (C=O) groups excluding carboxylic acids is 1. The van der Waals surface area contributed by atoms with Crippen LogP contribution < -0.4 is 4.42 Å². The molecule has 1 aliphatic heterocycles. The van der Waals surface area contributed by atoms with Crippen LogP contribution in [0.5, 0.6) is 0 Å². The maximum absolute atomic E-state index is 12.8. The van der Waals surface area contributed by atoms with Gasteiger partial charge in [0, 0.05) is 43.5 Å². The van der Waals surface area contributed by atoms with Crippen molar-refractivity contribution in [2.75, 3.05) is 37.3 Å². The zero-order valence-corrected chi connectivity index (χ0v) is 15.7. The highest BCUT2D eigenvalue weighted by Gasteiger charge is 2.23. The van der Waals surface area contributed by atoms with Crippen LogP contribution in [0.3, 0.4) is 0 Å². The monoisotopic (exact) mass is 384 g/mol. The first-order valence-corrected chi connectivity index (χ1v) is 9.38. The lowest BCUT2D eigenvalue weighted by Gasteiger charge is -2.27. The van der Waals surface area contributed by atoms with Gasteiger partial charge in [0.1, 0.15) is 0 Å². The number of hydrogen-bond acceptors (Lipinski definition) is 4. The van der Waals surface area contributed by atoms with Crippen LogP contribution >= 0.6 is 11.8 Å². The first kappa shape index (κ1) is 18.0. The van der Waals surface area contributed by atoms with Gasteiger partial charge in [0.05, 0.1) is 24.2 Å². The topological polar surface area (TPSA) is 50.6 Å². The van der Waals surface area contributed by atoms with E-state index in [0.29, 0.717) is 18.1 Å². The summed E-state index contributed by atoms with van der Waals surface area (Å²) in [7, 11) is 0. The van der Waals surface area contributed by atoms with Crippen LogP contribution in [0.25, 0.3) is 11.0 Å². The highest BCUT2D eigenvalue weighted by Crippen LogP contribution is 2.25. The molecule has 0 N–H and O–H groups in total. The number of ether oxygens (including phenoxy) is 1. The molecule has 1 saturated heterocycles. The van der Waals surface area contributed by atoms with Gasteiger partial charge in [-0.2, -0.15) is 4.42 Å². The molecule has 0 aliphatic carbocycles. The molecule has 6 nitrogen and oxygen atoms in total. The lowest BCUT2D eigenvalue weighted by molar-refractivity contribution is 0.0366. The van der Waals surface area contributed by atoms with Crippen molar-refractivity contribution in [3.63, 3.8) is 0 Å². The molecule has 0 bridgehead atoms. The van der Waals surface area contributed by atoms with E-state index in [1.165, 1.54) is 0 Å². The minimum absolute atomic E-state index is 0.291. The number of fused-ring (bicyclic) bond motifs is 1. The average Bonchev–Trinajstić information content (AvgIpc) is 3.11. The molecular weight excluding hydrogens is 364 g/mol. The minimum Gasteiger partial charge on any atom is -0.379 e. The molecule has 1 aliphatic rings. The molecule has 2 aromatic carbocycles. The number of amides is 1. The van der Waals surface area contributed by atoms with Crippen molar-refractivity contribution in [3.05, 3.63) is 60.2 Å². The molecule has 0 atom stereocenters. The number of imidazole rings is 1. The van der Waals surface area contributed by atoms with Gasteiger partial charge in [0.2, 0.25) is 5.95 Å². The van der Waals surface area contributed by atoms with E-state index < -0.39 is 0 Å². The molecule has 1 aromatic heterocycles. The number of benzene rings is 2. The van der Waals surface area contributed by atoms with Crippen molar-refractivity contribution in [2.45, 2.75) is 6.54 Å². The quantitative estimate of drug-likeness (QED) is 0.634. The summed E-state index contributed by atoms with van der Waals surface area (Å²) >= 11 is 6.46. The maximum atomic E-state index is 12.8. The van der Waals surface area contributed by atoms with Gasteiger partial charge in [-0.05, 0) is 24.3 Å². The normalized spacial score (nSPS) is 15.1. The number of para-hydroxylation sites is 2. The largest absolute Gasteiger partial charge is 0.379 e. The van der Waals surface area contributed by atoms with Gasteiger partial charge in [-0.25, -0.2) is 4.98 Å². The molecular formula is C20H21ClN4O2. The predicted molar refractivity (Wildman–Crippen MR) is 106 cm³/mol. The highest BCUT2D eigenvalue weighted by atomic mass is 35.5. The van der Waals surface area contributed by atoms with Crippen molar-refractivity contribution in [3.8, 4) is 0 Å². The Morgan fingerprint density at radius 2 is 1.74 bits per heavy atom. The van der Waals surface area contributed by atoms with Gasteiger partial charge in [0.15, 0.2) is 0 Å². The lowest BCUT2D eigenvalue weighted by atomic mass is 10.2. The number of hydrogen-bond donors (Lipinski definition) is 0. The molecule has 3 aromatic rings. The van der Waals surface area contributed by atoms with Crippen LogP contribution in [0.15, 0.2) is 54.6 Å². The molecule has 2 heterocycles. The third-order valence-corrected chi connectivity index (χ3v) is 5.06. The van der Waals surface area contributed by atoms with Crippen LogP contribution in [0.2, 0.25) is 0 Å². The van der Waals surface area contributed by atoms with Crippen LogP contribution in [0.1, 0.15) is 10.4 Å². The van der Waals surface area contributed by atoms with Crippen molar-refractivity contribution < 1.29 is 9.53 Å². The molecule has 1 amide bonds. The summed E-state index contributed by atoms with van der Waals surface area (Å²) < 4.78 is 8.55. The smallest absolute Gasteiger partial charge is 0.275 e. The summed E-state index contributed by atoms with van der Waals surface area (Å²) in [5.74, 6) is 0.153. The number of aromatic nitrogens is 2. The molecule has 0 saturated carbocycles. The fourth-order valence-corrected chi connectivity index (χ4v) is 3.51. The van der Waals surface area contributed by atoms with E-state index in [0.717, 1.165) is 48.3 Å². The SMILES string of the molecule is O=C(c1ccccc1)N(Cl)c1nc2ccccc2n1CCN1CCOCC1. The van der Waals surface area contributed by atoms with Crippen LogP contribution in [-0.2, 0) is 11.3 Å². The zero-order valence-electron chi connectivity index (χ0n) is 14.9. The highest BCUT2D eigenvalue weighted by molar-refractivity contribution is 6.38. The summed E-state index contributed by atoms with van der Waals surface area (Å²) in [6.07, 6.45) is 0. The summed E-state index contributed by atoms with van der Waals surface area (Å²) in [6.45, 7) is 4.88. The van der Waals surface area contributed by atoms with Crippen molar-refractivity contribution in [2.24, 2.45) is 0 Å². The molecule has 1 fully saturated rings. The number of rotatable bonds is 5. The predicted octanol–water partition coefficient (Wildman–Crippen LogP) is 3.17. The van der Waals surface area contributed by atoms with E-state index >= 15 is 0 Å². The fourth-order valence-electron chi connectivity index (χ4n) is 3.28. The molecule has 0 spiro atoms. The minimum atomic E-state index is -0.291. The number of nitrogens with zero attached hydrogens (tertiary/aromatic N) is 4.